The van der Waals surface area contributed by atoms with Crippen molar-refractivity contribution in [1.82, 2.24) is 0 Å². The predicted molar refractivity (Wildman–Crippen MR) is 238 cm³/mol. The van der Waals surface area contributed by atoms with Crippen LogP contribution < -0.4 is 0 Å². The molecule has 0 N–H and O–H groups in total. The van der Waals surface area contributed by atoms with Crippen molar-refractivity contribution in [2.24, 2.45) is 0 Å². The zero-order chi connectivity index (χ0) is 37.1. The minimum absolute atomic E-state index is 0.0768. The van der Waals surface area contributed by atoms with Gasteiger partial charge in [-0.25, -0.2) is 0 Å². The summed E-state index contributed by atoms with van der Waals surface area (Å²) in [5.41, 5.74) is 14.6. The molecule has 0 unspecified atom stereocenters. The Balaban J connectivity index is 1.04. The standard InChI is InChI=1S/C55H36O/c1-55(2)49-27-23-35(30-46(49)45-26-22-34-13-4-6-16-39(34)54(45)55)36-24-28-50-47(31-36)48-32-37(25-29-51(48)56-50)52-41-17-7-9-19-43(41)53(44-20-10-8-18-42(44)52)40-21-11-14-33-12-3-5-15-38(33)40/h3-32H,1-2H3. The summed E-state index contributed by atoms with van der Waals surface area (Å²) in [7, 11) is 0. The molecule has 0 bridgehead atoms. The number of hydrogen-bond acceptors (Lipinski definition) is 1. The molecular formula is C55H36O. The van der Waals surface area contributed by atoms with Crippen LogP contribution in [0.3, 0.4) is 0 Å². The molecule has 1 nitrogen and oxygen atoms in total. The average Bonchev–Trinajstić information content (AvgIpc) is 3.73. The smallest absolute Gasteiger partial charge is 0.135 e. The highest BCUT2D eigenvalue weighted by Crippen LogP contribution is 2.52. The van der Waals surface area contributed by atoms with Crippen LogP contribution in [0.25, 0.3) is 110 Å². The van der Waals surface area contributed by atoms with Gasteiger partial charge in [0.25, 0.3) is 0 Å². The van der Waals surface area contributed by atoms with Gasteiger partial charge < -0.3 is 4.42 Å². The van der Waals surface area contributed by atoms with Crippen molar-refractivity contribution in [3.8, 4) is 44.5 Å². The van der Waals surface area contributed by atoms with Gasteiger partial charge >= 0.3 is 0 Å². The Morgan fingerprint density at radius 1 is 0.339 bits per heavy atom. The van der Waals surface area contributed by atoms with Crippen LogP contribution in [-0.2, 0) is 5.41 Å². The molecule has 0 fully saturated rings. The zero-order valence-corrected chi connectivity index (χ0v) is 31.2. The lowest BCUT2D eigenvalue weighted by Gasteiger charge is -2.23. The average molecular weight is 713 g/mol. The molecule has 10 aromatic carbocycles. The van der Waals surface area contributed by atoms with Gasteiger partial charge in [0.2, 0.25) is 0 Å². The molecule has 1 aliphatic rings. The number of furan rings is 1. The summed E-state index contributed by atoms with van der Waals surface area (Å²) < 4.78 is 6.52. The van der Waals surface area contributed by atoms with E-state index in [0.29, 0.717) is 0 Å². The van der Waals surface area contributed by atoms with Crippen molar-refractivity contribution in [3.05, 3.63) is 193 Å². The number of rotatable bonds is 3. The second-order valence-electron chi connectivity index (χ2n) is 16.0. The lowest BCUT2D eigenvalue weighted by Crippen LogP contribution is -2.15. The summed E-state index contributed by atoms with van der Waals surface area (Å²) in [6.45, 7) is 4.74. The monoisotopic (exact) mass is 712 g/mol. The van der Waals surface area contributed by atoms with Crippen LogP contribution in [0.5, 0.6) is 0 Å². The van der Waals surface area contributed by atoms with E-state index in [1.54, 1.807) is 0 Å². The van der Waals surface area contributed by atoms with Crippen LogP contribution in [0, 0.1) is 0 Å². The minimum Gasteiger partial charge on any atom is -0.456 e. The molecule has 12 rings (SSSR count). The lowest BCUT2D eigenvalue weighted by atomic mass is 9.80. The highest BCUT2D eigenvalue weighted by molar-refractivity contribution is 6.24. The van der Waals surface area contributed by atoms with Crippen LogP contribution >= 0.6 is 0 Å². The van der Waals surface area contributed by atoms with Crippen molar-refractivity contribution in [1.29, 1.82) is 0 Å². The summed E-state index contributed by atoms with van der Waals surface area (Å²) in [5, 5.41) is 12.4. The van der Waals surface area contributed by atoms with E-state index in [1.807, 2.05) is 0 Å². The van der Waals surface area contributed by atoms with Gasteiger partial charge in [0.15, 0.2) is 0 Å². The van der Waals surface area contributed by atoms with Crippen molar-refractivity contribution in [3.63, 3.8) is 0 Å². The molecule has 0 amide bonds. The van der Waals surface area contributed by atoms with Crippen LogP contribution in [0.1, 0.15) is 25.0 Å². The Morgan fingerprint density at radius 2 is 0.857 bits per heavy atom. The Labute approximate surface area is 325 Å². The first kappa shape index (κ1) is 31.4. The second-order valence-corrected chi connectivity index (χ2v) is 16.0. The van der Waals surface area contributed by atoms with Crippen LogP contribution in [-0.4, -0.2) is 0 Å². The maximum atomic E-state index is 6.52. The van der Waals surface area contributed by atoms with Gasteiger partial charge in [-0.2, -0.15) is 0 Å². The number of hydrogen-bond donors (Lipinski definition) is 0. The summed E-state index contributed by atoms with van der Waals surface area (Å²) in [4.78, 5) is 0. The van der Waals surface area contributed by atoms with Gasteiger partial charge in [-0.3, -0.25) is 0 Å². The summed E-state index contributed by atoms with van der Waals surface area (Å²) >= 11 is 0. The first-order valence-corrected chi connectivity index (χ1v) is 19.6. The van der Waals surface area contributed by atoms with E-state index in [4.69, 9.17) is 4.42 Å². The summed E-state index contributed by atoms with van der Waals surface area (Å²) in [5.74, 6) is 0. The van der Waals surface area contributed by atoms with E-state index >= 15 is 0 Å². The maximum Gasteiger partial charge on any atom is 0.135 e. The molecule has 0 saturated heterocycles. The third kappa shape index (κ3) is 4.37. The van der Waals surface area contributed by atoms with Crippen LogP contribution in [0.15, 0.2) is 186 Å². The molecule has 0 spiro atoms. The number of fused-ring (bicyclic) bond motifs is 11. The first-order valence-electron chi connectivity index (χ1n) is 19.6. The van der Waals surface area contributed by atoms with E-state index in [-0.39, 0.29) is 5.41 Å². The van der Waals surface area contributed by atoms with E-state index in [0.717, 1.165) is 21.9 Å². The predicted octanol–water partition coefficient (Wildman–Crippen LogP) is 15.5. The van der Waals surface area contributed by atoms with Crippen molar-refractivity contribution in [2.45, 2.75) is 19.3 Å². The molecule has 1 aliphatic carbocycles. The lowest BCUT2D eigenvalue weighted by molar-refractivity contribution is 0.666. The molecule has 0 saturated carbocycles. The quantitative estimate of drug-likeness (QED) is 0.166. The minimum atomic E-state index is -0.0768. The molecule has 56 heavy (non-hydrogen) atoms. The highest BCUT2D eigenvalue weighted by Gasteiger charge is 2.37. The van der Waals surface area contributed by atoms with Gasteiger partial charge in [-0.1, -0.05) is 166 Å². The molecule has 0 aliphatic heterocycles. The summed E-state index contributed by atoms with van der Waals surface area (Å²) in [6.07, 6.45) is 0. The highest BCUT2D eigenvalue weighted by atomic mass is 16.3. The van der Waals surface area contributed by atoms with Gasteiger partial charge in [-0.05, 0) is 129 Å². The Bertz CT molecular complexity index is 3390. The molecular weight excluding hydrogens is 677 g/mol. The second kappa shape index (κ2) is 11.5. The topological polar surface area (TPSA) is 13.1 Å². The van der Waals surface area contributed by atoms with Gasteiger partial charge in [0.05, 0.1) is 0 Å². The fourth-order valence-electron chi connectivity index (χ4n) is 10.1. The van der Waals surface area contributed by atoms with E-state index in [2.05, 4.69) is 196 Å². The molecule has 0 radical (unpaired) electrons. The normalized spacial score (nSPS) is 13.3. The largest absolute Gasteiger partial charge is 0.456 e. The third-order valence-electron chi connectivity index (χ3n) is 12.6. The van der Waals surface area contributed by atoms with E-state index in [1.165, 1.54) is 98.7 Å². The first-order chi connectivity index (χ1) is 27.5. The van der Waals surface area contributed by atoms with Gasteiger partial charge in [0, 0.05) is 16.2 Å². The van der Waals surface area contributed by atoms with Crippen LogP contribution in [0.4, 0.5) is 0 Å². The Morgan fingerprint density at radius 3 is 1.55 bits per heavy atom. The molecule has 1 aromatic heterocycles. The molecule has 262 valence electrons. The van der Waals surface area contributed by atoms with Gasteiger partial charge in [-0.15, -0.1) is 0 Å². The van der Waals surface area contributed by atoms with Crippen molar-refractivity contribution < 1.29 is 4.42 Å². The zero-order valence-electron chi connectivity index (χ0n) is 31.2. The maximum absolute atomic E-state index is 6.52. The molecule has 1 heteroatoms. The fraction of sp³-hybridized carbons (Fsp3) is 0.0545. The fourth-order valence-corrected chi connectivity index (χ4v) is 10.1. The Hall–Kier alpha value is -6.96. The molecule has 1 heterocycles. The molecule has 11 aromatic rings. The summed E-state index contributed by atoms with van der Waals surface area (Å²) in [6, 6.07) is 67.1. The van der Waals surface area contributed by atoms with Gasteiger partial charge in [0.1, 0.15) is 11.2 Å². The van der Waals surface area contributed by atoms with Crippen LogP contribution in [0.2, 0.25) is 0 Å². The molecule has 0 atom stereocenters. The van der Waals surface area contributed by atoms with E-state index in [9.17, 15) is 0 Å². The van der Waals surface area contributed by atoms with Crippen molar-refractivity contribution in [2.75, 3.05) is 0 Å². The number of benzene rings is 10. The SMILES string of the molecule is CC1(C)c2ccc(-c3ccc4oc5ccc(-c6c7ccccc7c(-c7cccc8ccccc78)c7ccccc67)cc5c4c3)cc2-c2ccc3ccccc3c21. The third-order valence-corrected chi connectivity index (χ3v) is 12.6. The van der Waals surface area contributed by atoms with Crippen molar-refractivity contribution >= 4 is 65.0 Å². The Kier molecular flexibility index (Phi) is 6.46. The van der Waals surface area contributed by atoms with E-state index < -0.39 is 0 Å².